The number of rotatable bonds is 0. The Morgan fingerprint density at radius 3 is 1.00 bits per heavy atom. The van der Waals surface area contributed by atoms with Gasteiger partial charge in [-0.25, -0.2) is 0 Å². The van der Waals surface area contributed by atoms with Gasteiger partial charge in [-0.3, -0.25) is 0 Å². The van der Waals surface area contributed by atoms with Gasteiger partial charge in [-0.2, -0.15) is 0 Å². The first kappa shape index (κ1) is 31.6. The van der Waals surface area contributed by atoms with Crippen LogP contribution in [0.3, 0.4) is 0 Å². The molecule has 0 aromatic rings. The van der Waals surface area contributed by atoms with Gasteiger partial charge in [0.15, 0.2) is 0 Å². The van der Waals surface area contributed by atoms with E-state index in [2.05, 4.69) is 0 Å². The quantitative estimate of drug-likeness (QED) is 0.407. The van der Waals surface area contributed by atoms with Gasteiger partial charge >= 0.3 is 49.3 Å². The Bertz CT molecular complexity index is 8.00. The normalized spacial score (nSPS) is 0. The van der Waals surface area contributed by atoms with E-state index in [1.165, 1.54) is 0 Å². The van der Waals surface area contributed by atoms with E-state index in [0.717, 1.165) is 0 Å². The van der Waals surface area contributed by atoms with Crippen molar-refractivity contribution in [3.05, 3.63) is 0 Å². The average Bonchev–Trinajstić information content (AvgIpc) is 0. The van der Waals surface area contributed by atoms with Crippen LogP contribution in [0, 0.1) is 0 Å². The van der Waals surface area contributed by atoms with Gasteiger partial charge in [0.05, 0.1) is 0 Å². The van der Waals surface area contributed by atoms with Crippen molar-refractivity contribution in [1.82, 2.24) is 0 Å². The largest absolute Gasteiger partial charge is 0.870 e. The minimum Gasteiger partial charge on any atom is -0.870 e. The van der Waals surface area contributed by atoms with Gasteiger partial charge in [0.25, 0.3) is 0 Å². The SMILES string of the molecule is [BiH3].[Hf].[MgH+].[OH-]. The maximum absolute atomic E-state index is 0. The summed E-state index contributed by atoms with van der Waals surface area (Å²) in [6.45, 7) is 0. The van der Waals surface area contributed by atoms with Gasteiger partial charge in [0.2, 0.25) is 0 Å². The zero-order valence-electron chi connectivity index (χ0n) is 2.65. The standard InChI is InChI=1S/Bi.Hf.Mg.H2O.4H/h;;;1H2;;;;/q;;+1;;;;;/p-1. The third-order valence-corrected chi connectivity index (χ3v) is 0. The van der Waals surface area contributed by atoms with E-state index in [4.69, 9.17) is 0 Å². The Morgan fingerprint density at radius 1 is 1.00 bits per heavy atom. The summed E-state index contributed by atoms with van der Waals surface area (Å²) in [5.41, 5.74) is 0. The maximum atomic E-state index is 0. The van der Waals surface area contributed by atoms with E-state index in [0.29, 0.717) is 0 Å². The second-order valence-corrected chi connectivity index (χ2v) is 0. The van der Waals surface area contributed by atoms with E-state index < -0.39 is 0 Å². The minimum atomic E-state index is 0. The molecular formula is H5BiHfMgO. The molecule has 0 spiro atoms. The number of hydrogen-bond donors (Lipinski definition) is 0. The van der Waals surface area contributed by atoms with Crippen molar-refractivity contribution in [1.29, 1.82) is 0 Å². The number of hydrogen-bond acceptors (Lipinski definition) is 1. The molecule has 1 nitrogen and oxygen atoms in total. The first-order valence-electron chi connectivity index (χ1n) is 0. The van der Waals surface area contributed by atoms with Crippen molar-refractivity contribution in [3.63, 3.8) is 0 Å². The molecule has 0 unspecified atom stereocenters. The predicted molar refractivity (Wildman–Crippen MR) is 19.0 cm³/mol. The summed E-state index contributed by atoms with van der Waals surface area (Å²) in [4.78, 5) is 0. The van der Waals surface area contributed by atoms with E-state index in [1.807, 2.05) is 0 Å². The van der Waals surface area contributed by atoms with E-state index in [9.17, 15) is 0 Å². The van der Waals surface area contributed by atoms with Crippen LogP contribution in [0.25, 0.3) is 0 Å². The Morgan fingerprint density at radius 2 is 1.00 bits per heavy atom. The molecule has 0 rings (SSSR count). The van der Waals surface area contributed by atoms with Gasteiger partial charge < -0.3 is 5.48 Å². The Hall–Kier alpha value is 2.48. The molecule has 0 aliphatic heterocycles. The van der Waals surface area contributed by atoms with Gasteiger partial charge in [0.1, 0.15) is 0 Å². The van der Waals surface area contributed by atoms with Crippen LogP contribution in [0.4, 0.5) is 0 Å². The molecule has 0 aromatic carbocycles. The van der Waals surface area contributed by atoms with Crippen LogP contribution in [0.2, 0.25) is 0 Å². The second-order valence-electron chi connectivity index (χ2n) is 0. The molecule has 22 valence electrons. The van der Waals surface area contributed by atoms with E-state index >= 15 is 0 Å². The van der Waals surface area contributed by atoms with Crippen molar-refractivity contribution in [2.24, 2.45) is 0 Å². The monoisotopic (exact) mass is 434 g/mol. The molecule has 0 bridgehead atoms. The Balaban J connectivity index is 0. The summed E-state index contributed by atoms with van der Waals surface area (Å²) in [5, 5.41) is 0. The topological polar surface area (TPSA) is 30.0 Å². The van der Waals surface area contributed by atoms with Gasteiger partial charge in [0, 0.05) is 25.8 Å². The average molecular weight is 433 g/mol. The Kier molecular flexibility index (Phi) is 141. The molecule has 0 aliphatic rings. The van der Waals surface area contributed by atoms with E-state index in [-0.39, 0.29) is 80.6 Å². The Labute approximate surface area is 79.3 Å². The van der Waals surface area contributed by atoms with Gasteiger partial charge in [-0.1, -0.05) is 0 Å². The summed E-state index contributed by atoms with van der Waals surface area (Å²) >= 11 is 0. The fourth-order valence-corrected chi connectivity index (χ4v) is 0. The molecular weight excluding hydrogens is 428 g/mol. The second kappa shape index (κ2) is 17.9. The maximum Gasteiger partial charge on any atom is -0.870 e. The third kappa shape index (κ3) is 8.82. The van der Waals surface area contributed by atoms with Gasteiger partial charge in [-0.15, -0.1) is 0 Å². The van der Waals surface area contributed by atoms with Crippen LogP contribution in [0.15, 0.2) is 0 Å². The van der Waals surface area contributed by atoms with Crippen molar-refractivity contribution < 1.29 is 31.3 Å². The summed E-state index contributed by atoms with van der Waals surface area (Å²) in [7, 11) is 0. The molecule has 4 heteroatoms. The fourth-order valence-electron chi connectivity index (χ4n) is 0. The van der Waals surface area contributed by atoms with Crippen LogP contribution in [0.1, 0.15) is 0 Å². The fraction of sp³-hybridized carbons (Fsp3) is 0. The summed E-state index contributed by atoms with van der Waals surface area (Å²) in [6.07, 6.45) is 0. The van der Waals surface area contributed by atoms with Crippen LogP contribution >= 0.6 is 0 Å². The molecule has 4 heavy (non-hydrogen) atoms. The van der Waals surface area contributed by atoms with Gasteiger partial charge in [-0.05, 0) is 0 Å². The molecule has 0 heterocycles. The van der Waals surface area contributed by atoms with Crippen LogP contribution in [0.5, 0.6) is 0 Å². The molecule has 0 amide bonds. The first-order chi connectivity index (χ1) is 0. The molecule has 0 saturated carbocycles. The van der Waals surface area contributed by atoms with Crippen LogP contribution in [-0.2, 0) is 25.8 Å². The third-order valence-electron chi connectivity index (χ3n) is 0. The predicted octanol–water partition coefficient (Wildman–Crippen LogP) is -2.01. The zero-order valence-corrected chi connectivity index (χ0v) is 13.7. The van der Waals surface area contributed by atoms with Crippen molar-refractivity contribution in [3.8, 4) is 0 Å². The molecule has 0 radical (unpaired) electrons. The summed E-state index contributed by atoms with van der Waals surface area (Å²) in [6, 6.07) is 0. The van der Waals surface area contributed by atoms with Crippen molar-refractivity contribution in [2.45, 2.75) is 0 Å². The molecule has 0 fully saturated rings. The van der Waals surface area contributed by atoms with Crippen molar-refractivity contribution in [2.75, 3.05) is 0 Å². The molecule has 0 saturated heterocycles. The molecule has 0 aromatic heterocycles. The summed E-state index contributed by atoms with van der Waals surface area (Å²) in [5.74, 6) is 0. The smallest absolute Gasteiger partial charge is 0.870 e. The molecule has 0 atom stereocenters. The zero-order chi connectivity index (χ0) is 0. The molecule has 1 N–H and O–H groups in total. The summed E-state index contributed by atoms with van der Waals surface area (Å²) < 4.78 is 0. The van der Waals surface area contributed by atoms with E-state index in [1.54, 1.807) is 0 Å². The van der Waals surface area contributed by atoms with Crippen LogP contribution in [-0.4, -0.2) is 54.7 Å². The first-order valence-corrected chi connectivity index (χ1v) is 0. The minimum absolute atomic E-state index is 0. The van der Waals surface area contributed by atoms with Crippen molar-refractivity contribution >= 4 is 49.3 Å². The molecule has 0 aliphatic carbocycles. The van der Waals surface area contributed by atoms with Crippen LogP contribution < -0.4 is 0 Å².